The van der Waals surface area contributed by atoms with Crippen LogP contribution in [0.4, 0.5) is 5.69 Å². The normalized spacial score (nSPS) is 10.3. The highest BCUT2D eigenvalue weighted by molar-refractivity contribution is 7.13. The predicted molar refractivity (Wildman–Crippen MR) is 120 cm³/mol. The first-order valence-electron chi connectivity index (χ1n) is 9.62. The zero-order valence-corrected chi connectivity index (χ0v) is 18.9. The third-order valence-electron chi connectivity index (χ3n) is 4.41. The Kier molecular flexibility index (Phi) is 7.52. The quantitative estimate of drug-likeness (QED) is 0.413. The molecular weight excluding hydrogens is 448 g/mol. The molecule has 9 nitrogen and oxygen atoms in total. The Bertz CT molecular complexity index is 1170. The summed E-state index contributed by atoms with van der Waals surface area (Å²) in [5.74, 6) is -2.82. The fourth-order valence-electron chi connectivity index (χ4n) is 2.77. The molecule has 170 valence electrons. The minimum absolute atomic E-state index is 0.0406. The van der Waals surface area contributed by atoms with Gasteiger partial charge in [-0.15, -0.1) is 11.3 Å². The van der Waals surface area contributed by atoms with Gasteiger partial charge < -0.3 is 19.5 Å². The van der Waals surface area contributed by atoms with Crippen molar-refractivity contribution in [2.45, 2.75) is 6.92 Å². The highest BCUT2D eigenvalue weighted by Crippen LogP contribution is 2.24. The molecule has 0 unspecified atom stereocenters. The largest absolute Gasteiger partial charge is 0.465 e. The van der Waals surface area contributed by atoms with Crippen molar-refractivity contribution >= 4 is 40.8 Å². The number of carbonyl (C=O) groups is 4. The van der Waals surface area contributed by atoms with E-state index in [1.165, 1.54) is 43.8 Å². The fraction of sp³-hybridized carbons (Fsp3) is 0.174. The van der Waals surface area contributed by atoms with E-state index in [-0.39, 0.29) is 22.5 Å². The number of carbonyl (C=O) groups excluding carboxylic acids is 4. The van der Waals surface area contributed by atoms with Gasteiger partial charge in [-0.1, -0.05) is 29.8 Å². The van der Waals surface area contributed by atoms with Crippen LogP contribution in [0, 0.1) is 6.92 Å². The Labute approximate surface area is 193 Å². The van der Waals surface area contributed by atoms with E-state index in [0.29, 0.717) is 5.01 Å². The number of anilines is 1. The first-order chi connectivity index (χ1) is 15.8. The van der Waals surface area contributed by atoms with Gasteiger partial charge in [0.05, 0.1) is 25.3 Å². The van der Waals surface area contributed by atoms with Crippen molar-refractivity contribution in [3.8, 4) is 10.6 Å². The molecule has 0 bridgehead atoms. The molecule has 0 radical (unpaired) electrons. The van der Waals surface area contributed by atoms with Crippen molar-refractivity contribution in [2.75, 3.05) is 26.1 Å². The molecule has 3 rings (SSSR count). The minimum atomic E-state index is -0.752. The lowest BCUT2D eigenvalue weighted by molar-refractivity contribution is -0.119. The maximum Gasteiger partial charge on any atom is 0.358 e. The van der Waals surface area contributed by atoms with Gasteiger partial charge in [0.25, 0.3) is 5.91 Å². The highest BCUT2D eigenvalue weighted by Gasteiger charge is 2.17. The number of nitrogens with zero attached hydrogens (tertiary/aromatic N) is 1. The zero-order valence-electron chi connectivity index (χ0n) is 18.0. The minimum Gasteiger partial charge on any atom is -0.465 e. The number of thiazole rings is 1. The van der Waals surface area contributed by atoms with E-state index in [1.807, 2.05) is 31.2 Å². The van der Waals surface area contributed by atoms with Crippen LogP contribution in [-0.2, 0) is 19.0 Å². The second kappa shape index (κ2) is 10.5. The molecule has 0 aliphatic rings. The molecule has 3 aromatic rings. The third kappa shape index (κ3) is 6.01. The lowest BCUT2D eigenvalue weighted by Gasteiger charge is -2.09. The van der Waals surface area contributed by atoms with Crippen LogP contribution in [0.5, 0.6) is 0 Å². The fourth-order valence-corrected chi connectivity index (χ4v) is 3.56. The van der Waals surface area contributed by atoms with Crippen LogP contribution in [0.2, 0.25) is 0 Å². The monoisotopic (exact) mass is 468 g/mol. The summed E-state index contributed by atoms with van der Waals surface area (Å²) in [6, 6.07) is 11.6. The molecule has 0 aliphatic heterocycles. The lowest BCUT2D eigenvalue weighted by atomic mass is 10.1. The molecule has 0 atom stereocenters. The summed E-state index contributed by atoms with van der Waals surface area (Å²) in [7, 11) is 2.38. The number of benzene rings is 2. The van der Waals surface area contributed by atoms with Gasteiger partial charge in [0.1, 0.15) is 5.01 Å². The summed E-state index contributed by atoms with van der Waals surface area (Å²) in [4.78, 5) is 52.5. The smallest absolute Gasteiger partial charge is 0.358 e. The molecule has 10 heteroatoms. The molecule has 33 heavy (non-hydrogen) atoms. The second-order valence-corrected chi connectivity index (χ2v) is 7.67. The molecule has 0 saturated heterocycles. The molecule has 0 aliphatic carbocycles. The van der Waals surface area contributed by atoms with Crippen LogP contribution in [0.25, 0.3) is 10.6 Å². The van der Waals surface area contributed by atoms with Crippen molar-refractivity contribution in [1.29, 1.82) is 0 Å². The highest BCUT2D eigenvalue weighted by atomic mass is 32.1. The summed E-state index contributed by atoms with van der Waals surface area (Å²) in [5.41, 5.74) is 2.28. The number of nitrogens with one attached hydrogen (secondary N) is 1. The molecular formula is C23H20N2O7S. The van der Waals surface area contributed by atoms with E-state index in [2.05, 4.69) is 19.8 Å². The summed E-state index contributed by atoms with van der Waals surface area (Å²) in [6.45, 7) is 1.38. The van der Waals surface area contributed by atoms with Crippen LogP contribution < -0.4 is 5.32 Å². The molecule has 2 aromatic carbocycles. The van der Waals surface area contributed by atoms with E-state index < -0.39 is 30.4 Å². The van der Waals surface area contributed by atoms with Gasteiger partial charge >= 0.3 is 17.9 Å². The van der Waals surface area contributed by atoms with E-state index >= 15 is 0 Å². The second-order valence-electron chi connectivity index (χ2n) is 6.81. The van der Waals surface area contributed by atoms with Crippen molar-refractivity contribution < 1.29 is 33.4 Å². The number of aromatic nitrogens is 1. The van der Waals surface area contributed by atoms with Crippen molar-refractivity contribution in [3.05, 3.63) is 70.2 Å². The number of esters is 3. The SMILES string of the molecule is COC(=O)c1cc(NC(=O)COC(=O)c2csc(-c3ccc(C)cc3)n2)cc(C(=O)OC)c1. The number of amides is 1. The Morgan fingerprint density at radius 1 is 0.909 bits per heavy atom. The Balaban J connectivity index is 1.64. The van der Waals surface area contributed by atoms with Gasteiger partial charge in [0, 0.05) is 16.6 Å². The van der Waals surface area contributed by atoms with E-state index in [0.717, 1.165) is 11.1 Å². The van der Waals surface area contributed by atoms with Crippen molar-refractivity contribution in [3.63, 3.8) is 0 Å². The first-order valence-corrected chi connectivity index (χ1v) is 10.5. The molecule has 1 aromatic heterocycles. The lowest BCUT2D eigenvalue weighted by Crippen LogP contribution is -2.21. The zero-order chi connectivity index (χ0) is 24.0. The molecule has 0 spiro atoms. The van der Waals surface area contributed by atoms with Crippen LogP contribution in [0.1, 0.15) is 36.8 Å². The van der Waals surface area contributed by atoms with Crippen LogP contribution >= 0.6 is 11.3 Å². The average Bonchev–Trinajstić information content (AvgIpc) is 3.32. The molecule has 0 fully saturated rings. The number of aryl methyl sites for hydroxylation is 1. The molecule has 1 heterocycles. The van der Waals surface area contributed by atoms with Crippen LogP contribution in [0.15, 0.2) is 47.8 Å². The van der Waals surface area contributed by atoms with Crippen LogP contribution in [-0.4, -0.2) is 49.6 Å². The number of methoxy groups -OCH3 is 2. The predicted octanol–water partition coefficient (Wildman–Crippen LogP) is 3.49. The molecule has 1 amide bonds. The Morgan fingerprint density at radius 3 is 2.09 bits per heavy atom. The van der Waals surface area contributed by atoms with Gasteiger partial charge in [0.2, 0.25) is 0 Å². The number of rotatable bonds is 7. The van der Waals surface area contributed by atoms with E-state index in [4.69, 9.17) is 4.74 Å². The maximum absolute atomic E-state index is 12.3. The Morgan fingerprint density at radius 2 is 1.52 bits per heavy atom. The van der Waals surface area contributed by atoms with E-state index in [1.54, 1.807) is 5.38 Å². The topological polar surface area (TPSA) is 121 Å². The van der Waals surface area contributed by atoms with Crippen molar-refractivity contribution in [1.82, 2.24) is 4.98 Å². The Hall–Kier alpha value is -4.05. The van der Waals surface area contributed by atoms with Gasteiger partial charge in [-0.05, 0) is 25.1 Å². The number of hydrogen-bond acceptors (Lipinski definition) is 9. The van der Waals surface area contributed by atoms with E-state index in [9.17, 15) is 19.2 Å². The summed E-state index contributed by atoms with van der Waals surface area (Å²) < 4.78 is 14.3. The number of ether oxygens (including phenoxy) is 3. The third-order valence-corrected chi connectivity index (χ3v) is 5.30. The average molecular weight is 468 g/mol. The molecule has 0 saturated carbocycles. The van der Waals surface area contributed by atoms with Gasteiger partial charge in [-0.2, -0.15) is 0 Å². The number of hydrogen-bond donors (Lipinski definition) is 1. The molecule has 1 N–H and O–H groups in total. The summed E-state index contributed by atoms with van der Waals surface area (Å²) in [6.07, 6.45) is 0. The summed E-state index contributed by atoms with van der Waals surface area (Å²) >= 11 is 1.29. The van der Waals surface area contributed by atoms with Crippen molar-refractivity contribution in [2.24, 2.45) is 0 Å². The van der Waals surface area contributed by atoms with Crippen LogP contribution in [0.3, 0.4) is 0 Å². The first kappa shape index (κ1) is 23.6. The van der Waals surface area contributed by atoms with Gasteiger partial charge in [-0.25, -0.2) is 19.4 Å². The maximum atomic E-state index is 12.3. The standard InChI is InChI=1S/C23H20N2O7S/c1-13-4-6-14(7-5-13)20-25-18(12-33-20)23(29)32-11-19(26)24-17-9-15(21(27)30-2)8-16(10-17)22(28)31-3/h4-10,12H,11H2,1-3H3,(H,24,26). The summed E-state index contributed by atoms with van der Waals surface area (Å²) in [5, 5.41) is 4.68. The van der Waals surface area contributed by atoms with Gasteiger partial charge in [0.15, 0.2) is 12.3 Å². The van der Waals surface area contributed by atoms with Gasteiger partial charge in [-0.3, -0.25) is 4.79 Å².